The zero-order valence-electron chi connectivity index (χ0n) is 34.6. The number of hydrogen-bond donors (Lipinski definition) is 3. The van der Waals surface area contributed by atoms with E-state index in [1.54, 1.807) is 19.9 Å². The van der Waals surface area contributed by atoms with E-state index < -0.39 is 85.9 Å². The van der Waals surface area contributed by atoms with Crippen LogP contribution < -0.4 is 19.5 Å². The van der Waals surface area contributed by atoms with Crippen molar-refractivity contribution in [1.82, 2.24) is 24.8 Å². The summed E-state index contributed by atoms with van der Waals surface area (Å²) in [6.07, 6.45) is 2.12. The molecule has 0 bridgehead atoms. The minimum absolute atomic E-state index is 0.00323. The summed E-state index contributed by atoms with van der Waals surface area (Å²) < 4.78 is 78.5. The van der Waals surface area contributed by atoms with Crippen molar-refractivity contribution in [2.24, 2.45) is 11.3 Å². The van der Waals surface area contributed by atoms with E-state index in [2.05, 4.69) is 15.0 Å². The number of aryl methyl sites for hydroxylation is 2. The van der Waals surface area contributed by atoms with Gasteiger partial charge in [-0.2, -0.15) is 13.2 Å². The Labute approximate surface area is 347 Å². The van der Waals surface area contributed by atoms with Gasteiger partial charge >= 0.3 is 12.3 Å². The normalized spacial score (nSPS) is 28.5. The standard InChI is InChI=1S/C42H54F3N5O9S/c1-25-33-28(29-19-27(13-14-30(29)46-25)58-24-42(43,44)45)15-16-40(59-33)21-32-34(51)47-41(36(53)48-60(56,57)39(5)17-18-39)20-26(41)11-9-7-6-8-10-12-31(35(52)49(32)23-40)50(37(54)55)22-38(2,3)4/h9,11,13-14,19,26,31-32H,6-8,10,12,15-18,20-24H2,1-5H3,(H,47,51)(H,48,53)(H,54,55)/b11-9-/t26-,31+,32+,40-,41-/m1/s1. The highest BCUT2D eigenvalue weighted by atomic mass is 32.2. The molecule has 2 aliphatic carbocycles. The number of pyridine rings is 1. The van der Waals surface area contributed by atoms with Crippen molar-refractivity contribution in [2.75, 3.05) is 19.7 Å². The first-order chi connectivity index (χ1) is 28.0. The first-order valence-corrected chi connectivity index (χ1v) is 22.1. The molecule has 1 spiro atoms. The molecule has 4 amide bonds. The number of carboxylic acid groups (broad SMARTS) is 1. The van der Waals surface area contributed by atoms with Crippen molar-refractivity contribution >= 4 is 44.7 Å². The van der Waals surface area contributed by atoms with Crippen LogP contribution in [0, 0.1) is 18.3 Å². The van der Waals surface area contributed by atoms with Crippen LogP contribution in [0.25, 0.3) is 10.9 Å². The minimum atomic E-state index is -4.54. The van der Waals surface area contributed by atoms with Crippen molar-refractivity contribution in [3.63, 3.8) is 0 Å². The third-order valence-electron chi connectivity index (χ3n) is 12.6. The second-order valence-electron chi connectivity index (χ2n) is 18.8. The third-order valence-corrected chi connectivity index (χ3v) is 14.7. The number of halogens is 3. The minimum Gasteiger partial charge on any atom is -0.484 e. The molecular formula is C42H54F3N5O9S. The molecule has 3 N–H and O–H groups in total. The molecule has 7 rings (SSSR count). The number of fused-ring (bicyclic) bond motifs is 5. The van der Waals surface area contributed by atoms with E-state index >= 15 is 4.79 Å². The Morgan fingerprint density at radius 2 is 1.85 bits per heavy atom. The lowest BCUT2D eigenvalue weighted by molar-refractivity contribution is -0.153. The molecule has 0 radical (unpaired) electrons. The third kappa shape index (κ3) is 8.75. The van der Waals surface area contributed by atoms with Gasteiger partial charge in [-0.05, 0) is 88.8 Å². The van der Waals surface area contributed by atoms with Gasteiger partial charge in [-0.15, -0.1) is 0 Å². The van der Waals surface area contributed by atoms with Crippen LogP contribution in [0.3, 0.4) is 0 Å². The van der Waals surface area contributed by atoms with Crippen molar-refractivity contribution in [3.05, 3.63) is 41.6 Å². The van der Waals surface area contributed by atoms with Gasteiger partial charge in [0.25, 0.3) is 5.91 Å². The van der Waals surface area contributed by atoms with Gasteiger partial charge in [0, 0.05) is 29.8 Å². The van der Waals surface area contributed by atoms with Crippen molar-refractivity contribution in [3.8, 4) is 11.5 Å². The van der Waals surface area contributed by atoms with E-state index in [1.165, 1.54) is 17.0 Å². The predicted octanol–water partition coefficient (Wildman–Crippen LogP) is 5.94. The lowest BCUT2D eigenvalue weighted by Crippen LogP contribution is -2.59. The number of alkyl halides is 3. The highest BCUT2D eigenvalue weighted by Gasteiger charge is 2.64. The summed E-state index contributed by atoms with van der Waals surface area (Å²) in [5, 5.41) is 13.9. The fourth-order valence-electron chi connectivity index (χ4n) is 8.88. The predicted molar refractivity (Wildman–Crippen MR) is 214 cm³/mol. The topological polar surface area (TPSA) is 185 Å². The summed E-state index contributed by atoms with van der Waals surface area (Å²) in [5.41, 5.74) is -1.65. The van der Waals surface area contributed by atoms with Gasteiger partial charge in [-0.1, -0.05) is 45.8 Å². The molecule has 2 saturated carbocycles. The summed E-state index contributed by atoms with van der Waals surface area (Å²) in [6, 6.07) is 2.07. The van der Waals surface area contributed by atoms with E-state index in [0.29, 0.717) is 66.4 Å². The fraction of sp³-hybridized carbons (Fsp3) is 0.643. The Hall–Kier alpha value is -4.61. The Morgan fingerprint density at radius 3 is 2.52 bits per heavy atom. The first-order valence-electron chi connectivity index (χ1n) is 20.6. The van der Waals surface area contributed by atoms with Gasteiger partial charge in [0.2, 0.25) is 21.8 Å². The summed E-state index contributed by atoms with van der Waals surface area (Å²) >= 11 is 0. The maximum Gasteiger partial charge on any atom is 0.422 e. The van der Waals surface area contributed by atoms with Gasteiger partial charge < -0.3 is 24.8 Å². The van der Waals surface area contributed by atoms with Crippen molar-refractivity contribution in [2.45, 2.75) is 139 Å². The molecule has 14 nitrogen and oxygen atoms in total. The van der Waals surface area contributed by atoms with Gasteiger partial charge in [0.05, 0.1) is 22.5 Å². The number of carbonyl (C=O) groups excluding carboxylic acids is 3. The zero-order chi connectivity index (χ0) is 43.6. The smallest absolute Gasteiger partial charge is 0.422 e. The first kappa shape index (κ1) is 43.5. The van der Waals surface area contributed by atoms with Crippen LogP contribution in [0.2, 0.25) is 0 Å². The maximum absolute atomic E-state index is 15.0. The van der Waals surface area contributed by atoms with E-state index in [4.69, 9.17) is 9.47 Å². The molecule has 2 aromatic rings. The molecule has 18 heteroatoms. The van der Waals surface area contributed by atoms with Gasteiger partial charge in [-0.25, -0.2) is 18.2 Å². The van der Waals surface area contributed by atoms with Crippen LogP contribution in [-0.2, 0) is 30.8 Å². The number of sulfonamides is 1. The van der Waals surface area contributed by atoms with Crippen LogP contribution in [0.5, 0.6) is 11.5 Å². The Kier molecular flexibility index (Phi) is 11.1. The van der Waals surface area contributed by atoms with Gasteiger partial charge in [0.15, 0.2) is 6.61 Å². The molecule has 1 saturated heterocycles. The van der Waals surface area contributed by atoms with Gasteiger partial charge in [-0.3, -0.25) is 24.0 Å². The molecule has 5 aliphatic rings. The molecule has 1 aromatic carbocycles. The monoisotopic (exact) mass is 861 g/mol. The summed E-state index contributed by atoms with van der Waals surface area (Å²) in [7, 11) is -4.06. The molecule has 4 heterocycles. The summed E-state index contributed by atoms with van der Waals surface area (Å²) in [6.45, 7) is 7.32. The molecule has 328 valence electrons. The number of nitrogens with zero attached hydrogens (tertiary/aromatic N) is 3. The van der Waals surface area contributed by atoms with Crippen LogP contribution >= 0.6 is 0 Å². The van der Waals surface area contributed by atoms with Crippen LogP contribution in [0.4, 0.5) is 18.0 Å². The Morgan fingerprint density at radius 1 is 1.12 bits per heavy atom. The summed E-state index contributed by atoms with van der Waals surface area (Å²) in [5.74, 6) is -2.31. The fourth-order valence-corrected chi connectivity index (χ4v) is 10.2. The van der Waals surface area contributed by atoms with Crippen LogP contribution in [0.15, 0.2) is 30.4 Å². The van der Waals surface area contributed by atoms with Crippen LogP contribution in [-0.4, -0.2) is 106 Å². The van der Waals surface area contributed by atoms with Crippen molar-refractivity contribution in [1.29, 1.82) is 0 Å². The highest BCUT2D eigenvalue weighted by molar-refractivity contribution is 7.91. The van der Waals surface area contributed by atoms with E-state index in [9.17, 15) is 41.1 Å². The maximum atomic E-state index is 15.0. The second kappa shape index (κ2) is 15.4. The number of hydrogen-bond acceptors (Lipinski definition) is 9. The summed E-state index contributed by atoms with van der Waals surface area (Å²) in [4.78, 5) is 63.9. The number of allylic oxidation sites excluding steroid dienone is 1. The molecule has 60 heavy (non-hydrogen) atoms. The van der Waals surface area contributed by atoms with Crippen LogP contribution in [0.1, 0.15) is 103 Å². The number of amides is 4. The second-order valence-corrected chi connectivity index (χ2v) is 21.0. The number of nitrogens with one attached hydrogen (secondary N) is 2. The molecule has 5 atom stereocenters. The zero-order valence-corrected chi connectivity index (χ0v) is 35.4. The van der Waals surface area contributed by atoms with E-state index in [1.807, 2.05) is 32.9 Å². The van der Waals surface area contributed by atoms with Gasteiger partial charge in [0.1, 0.15) is 34.7 Å². The average molecular weight is 862 g/mol. The molecule has 3 aliphatic heterocycles. The largest absolute Gasteiger partial charge is 0.484 e. The number of carbonyl (C=O) groups is 4. The molecule has 1 aromatic heterocycles. The lowest BCUT2D eigenvalue weighted by atomic mass is 9.87. The lowest BCUT2D eigenvalue weighted by Gasteiger charge is -2.38. The van der Waals surface area contributed by atoms with Crippen molar-refractivity contribution < 1.29 is 55.3 Å². The quantitative estimate of drug-likeness (QED) is 0.282. The molecular weight excluding hydrogens is 808 g/mol. The Balaban J connectivity index is 1.26. The molecule has 0 unspecified atom stereocenters. The average Bonchev–Trinajstić information content (AvgIpc) is 4.05. The number of benzene rings is 1. The number of aromatic nitrogens is 1. The van der Waals surface area contributed by atoms with E-state index in [-0.39, 0.29) is 44.5 Å². The Bertz CT molecular complexity index is 2220. The molecule has 3 fully saturated rings. The van der Waals surface area contributed by atoms with E-state index in [0.717, 1.165) is 11.3 Å². The number of rotatable bonds is 7. The SMILES string of the molecule is Cc1nc2ccc(OCC(F)(F)F)cc2c2c1O[C@]1(CC2)C[C@H]2C(=O)N[C@]3(C(=O)NS(=O)(=O)C4(C)CC4)C[C@H]3/C=C\CCCCC[C@H](N(CC(C)(C)C)C(=O)O)C(=O)N2C1. The highest BCUT2D eigenvalue weighted by Crippen LogP contribution is 2.49. The number of ether oxygens (including phenoxy) is 2.